The Morgan fingerprint density at radius 2 is 1.66 bits per heavy atom. The van der Waals surface area contributed by atoms with E-state index in [0.717, 1.165) is 17.7 Å². The number of rotatable bonds is 8. The lowest BCUT2D eigenvalue weighted by Crippen LogP contribution is -2.48. The Balaban J connectivity index is 2.21. The van der Waals surface area contributed by atoms with Gasteiger partial charge in [0.1, 0.15) is 0 Å². The molecule has 2 rings (SSSR count). The summed E-state index contributed by atoms with van der Waals surface area (Å²) < 4.78 is 79.9. The maximum atomic E-state index is 13.7. The number of aryl methyl sites for hydroxylation is 1. The third-order valence-electron chi connectivity index (χ3n) is 4.98. The van der Waals surface area contributed by atoms with Crippen LogP contribution in [0.15, 0.2) is 42.5 Å². The number of aliphatic hydroxyl groups is 1. The van der Waals surface area contributed by atoms with Gasteiger partial charge in [-0.25, -0.2) is 0 Å². The van der Waals surface area contributed by atoms with E-state index >= 15 is 0 Å². The summed E-state index contributed by atoms with van der Waals surface area (Å²) in [5.41, 5.74) is -4.08. The molecule has 2 aromatic carbocycles. The number of carbonyl (C=O) groups is 1. The highest BCUT2D eigenvalue weighted by Crippen LogP contribution is 2.41. The Labute approximate surface area is 181 Å². The Kier molecular flexibility index (Phi) is 7.82. The van der Waals surface area contributed by atoms with E-state index in [9.17, 15) is 36.2 Å². The minimum Gasteiger partial charge on any atom is -0.381 e. The van der Waals surface area contributed by atoms with E-state index in [1.54, 1.807) is 13.0 Å². The molecule has 176 valence electrons. The molecule has 0 aliphatic carbocycles. The zero-order valence-electron chi connectivity index (χ0n) is 17.5. The fraction of sp³-hybridized carbons (Fsp3) is 0.409. The van der Waals surface area contributed by atoms with Gasteiger partial charge in [-0.2, -0.15) is 26.3 Å². The van der Waals surface area contributed by atoms with Gasteiger partial charge >= 0.3 is 12.4 Å². The van der Waals surface area contributed by atoms with E-state index in [1.807, 2.05) is 6.92 Å². The highest BCUT2D eigenvalue weighted by atomic mass is 19.4. The third kappa shape index (κ3) is 6.15. The topological polar surface area (TPSA) is 61.4 Å². The van der Waals surface area contributed by atoms with Crippen LogP contribution in [0, 0.1) is 6.92 Å². The van der Waals surface area contributed by atoms with Gasteiger partial charge in [0.25, 0.3) is 0 Å². The minimum absolute atomic E-state index is 0.120. The normalized spacial score (nSPS) is 14.0. The molecule has 1 amide bonds. The van der Waals surface area contributed by atoms with Crippen molar-refractivity contribution in [3.63, 3.8) is 0 Å². The first-order valence-electron chi connectivity index (χ1n) is 9.85. The first-order chi connectivity index (χ1) is 14.8. The number of amides is 1. The van der Waals surface area contributed by atoms with Crippen LogP contribution < -0.4 is 10.6 Å². The lowest BCUT2D eigenvalue weighted by Gasteiger charge is -2.32. The van der Waals surface area contributed by atoms with Crippen molar-refractivity contribution in [3.8, 4) is 0 Å². The van der Waals surface area contributed by atoms with Crippen molar-refractivity contribution in [2.45, 2.75) is 51.2 Å². The summed E-state index contributed by atoms with van der Waals surface area (Å²) in [4.78, 5) is 11.6. The van der Waals surface area contributed by atoms with Gasteiger partial charge in [0.2, 0.25) is 11.5 Å². The zero-order valence-corrected chi connectivity index (χ0v) is 17.5. The third-order valence-corrected chi connectivity index (χ3v) is 4.98. The molecule has 0 aliphatic heterocycles. The lowest BCUT2D eigenvalue weighted by molar-refractivity contribution is -0.260. The molecule has 2 aromatic rings. The Morgan fingerprint density at radius 3 is 2.22 bits per heavy atom. The molecule has 0 unspecified atom stereocenters. The molecule has 0 saturated heterocycles. The average molecular weight is 462 g/mol. The summed E-state index contributed by atoms with van der Waals surface area (Å²) in [7, 11) is 0. The van der Waals surface area contributed by atoms with E-state index < -0.39 is 35.6 Å². The summed E-state index contributed by atoms with van der Waals surface area (Å²) in [6, 6.07) is 7.16. The highest BCUT2D eigenvalue weighted by molar-refractivity contribution is 5.75. The number of hydrogen-bond donors (Lipinski definition) is 3. The van der Waals surface area contributed by atoms with Crippen molar-refractivity contribution in [2.75, 3.05) is 11.9 Å². The average Bonchev–Trinajstić information content (AvgIpc) is 2.70. The molecular weight excluding hydrogens is 438 g/mol. The van der Waals surface area contributed by atoms with Crippen LogP contribution in [0.3, 0.4) is 0 Å². The van der Waals surface area contributed by atoms with Crippen LogP contribution in [0.5, 0.6) is 0 Å². The number of benzene rings is 2. The van der Waals surface area contributed by atoms with Crippen molar-refractivity contribution in [1.29, 1.82) is 0 Å². The van der Waals surface area contributed by atoms with Gasteiger partial charge in [0.15, 0.2) is 0 Å². The molecule has 0 aliphatic rings. The standard InChI is InChI=1S/C22H24F6N2O2/c1-3-5-19(31)29-12-15-8-9-18(10-14(15)2)30-13-20(32,22(26,27)28)16-6-4-7-17(11-16)21(23,24)25/h4,6-11,30,32H,3,5,12-13H2,1-2H3,(H,29,31)/t20-/m0/s1. The van der Waals surface area contributed by atoms with E-state index in [2.05, 4.69) is 10.6 Å². The molecule has 0 aromatic heterocycles. The van der Waals surface area contributed by atoms with Crippen molar-refractivity contribution >= 4 is 11.6 Å². The molecular formula is C22H24F6N2O2. The molecule has 0 fully saturated rings. The first-order valence-corrected chi connectivity index (χ1v) is 9.85. The molecule has 0 radical (unpaired) electrons. The van der Waals surface area contributed by atoms with Gasteiger partial charge in [-0.1, -0.05) is 25.1 Å². The second-order valence-electron chi connectivity index (χ2n) is 7.46. The molecule has 3 N–H and O–H groups in total. The number of nitrogens with one attached hydrogen (secondary N) is 2. The lowest BCUT2D eigenvalue weighted by atomic mass is 9.91. The summed E-state index contributed by atoms with van der Waals surface area (Å²) in [5.74, 6) is -0.120. The molecule has 4 nitrogen and oxygen atoms in total. The number of anilines is 1. The first kappa shape index (κ1) is 25.5. The molecule has 10 heteroatoms. The molecule has 32 heavy (non-hydrogen) atoms. The second-order valence-corrected chi connectivity index (χ2v) is 7.46. The minimum atomic E-state index is -5.23. The largest absolute Gasteiger partial charge is 0.423 e. The number of alkyl halides is 6. The van der Waals surface area contributed by atoms with E-state index in [-0.39, 0.29) is 18.1 Å². The number of carbonyl (C=O) groups excluding carboxylic acids is 1. The van der Waals surface area contributed by atoms with Gasteiger partial charge in [-0.3, -0.25) is 4.79 Å². The second kappa shape index (κ2) is 9.81. The molecule has 0 spiro atoms. The van der Waals surface area contributed by atoms with Gasteiger partial charge in [0.05, 0.1) is 12.1 Å². The van der Waals surface area contributed by atoms with E-state index in [1.165, 1.54) is 12.1 Å². The van der Waals surface area contributed by atoms with Crippen LogP contribution in [-0.4, -0.2) is 23.7 Å². The van der Waals surface area contributed by atoms with E-state index in [4.69, 9.17) is 0 Å². The Hall–Kier alpha value is -2.75. The van der Waals surface area contributed by atoms with Crippen molar-refractivity contribution in [3.05, 3.63) is 64.7 Å². The van der Waals surface area contributed by atoms with Crippen molar-refractivity contribution in [1.82, 2.24) is 5.32 Å². The van der Waals surface area contributed by atoms with Gasteiger partial charge in [0, 0.05) is 18.7 Å². The predicted octanol–water partition coefficient (Wildman–Crippen LogP) is 5.29. The highest BCUT2D eigenvalue weighted by Gasteiger charge is 2.55. The van der Waals surface area contributed by atoms with Gasteiger partial charge in [-0.15, -0.1) is 0 Å². The molecule has 1 atom stereocenters. The Morgan fingerprint density at radius 1 is 1.00 bits per heavy atom. The predicted molar refractivity (Wildman–Crippen MR) is 108 cm³/mol. The maximum absolute atomic E-state index is 13.7. The van der Waals surface area contributed by atoms with E-state index in [0.29, 0.717) is 30.5 Å². The molecule has 0 bridgehead atoms. The fourth-order valence-electron chi connectivity index (χ4n) is 3.06. The van der Waals surface area contributed by atoms with Gasteiger partial charge < -0.3 is 15.7 Å². The summed E-state index contributed by atoms with van der Waals surface area (Å²) in [5, 5.41) is 15.6. The Bertz CT molecular complexity index is 943. The monoisotopic (exact) mass is 462 g/mol. The fourth-order valence-corrected chi connectivity index (χ4v) is 3.06. The smallest absolute Gasteiger partial charge is 0.381 e. The van der Waals surface area contributed by atoms with Crippen LogP contribution in [0.4, 0.5) is 32.0 Å². The quantitative estimate of drug-likeness (QED) is 0.467. The SMILES string of the molecule is CCCC(=O)NCc1ccc(NC[C@](O)(c2cccc(C(F)(F)F)c2)C(F)(F)F)cc1C. The van der Waals surface area contributed by atoms with Crippen LogP contribution in [0.1, 0.15) is 42.0 Å². The molecule has 0 heterocycles. The van der Waals surface area contributed by atoms with Crippen LogP contribution in [0.2, 0.25) is 0 Å². The maximum Gasteiger partial charge on any atom is 0.423 e. The van der Waals surface area contributed by atoms with Gasteiger partial charge in [-0.05, 0) is 54.3 Å². The molecule has 0 saturated carbocycles. The van der Waals surface area contributed by atoms with Crippen molar-refractivity contribution in [2.24, 2.45) is 0 Å². The van der Waals surface area contributed by atoms with Crippen LogP contribution in [-0.2, 0) is 23.1 Å². The van der Waals surface area contributed by atoms with Crippen LogP contribution >= 0.6 is 0 Å². The zero-order chi connectivity index (χ0) is 24.2. The summed E-state index contributed by atoms with van der Waals surface area (Å²) in [6.07, 6.45) is -9.01. The van der Waals surface area contributed by atoms with Crippen molar-refractivity contribution < 1.29 is 36.2 Å². The number of hydrogen-bond acceptors (Lipinski definition) is 3. The summed E-state index contributed by atoms with van der Waals surface area (Å²) in [6.45, 7) is 2.73. The number of halogens is 6. The summed E-state index contributed by atoms with van der Waals surface area (Å²) >= 11 is 0. The van der Waals surface area contributed by atoms with Crippen LogP contribution in [0.25, 0.3) is 0 Å².